The Balaban J connectivity index is 2.01. The summed E-state index contributed by atoms with van der Waals surface area (Å²) in [6.07, 6.45) is 2.54. The number of benzene rings is 1. The van der Waals surface area contributed by atoms with Gasteiger partial charge in [-0.25, -0.2) is 0 Å². The number of aromatic nitrogens is 1. The third-order valence-corrected chi connectivity index (χ3v) is 3.65. The fourth-order valence-corrected chi connectivity index (χ4v) is 2.61. The zero-order valence-electron chi connectivity index (χ0n) is 9.84. The van der Waals surface area contributed by atoms with E-state index < -0.39 is 0 Å². The van der Waals surface area contributed by atoms with Crippen LogP contribution in [0.25, 0.3) is 10.8 Å². The summed E-state index contributed by atoms with van der Waals surface area (Å²) < 4.78 is 0. The molecule has 1 unspecified atom stereocenters. The second-order valence-electron chi connectivity index (χ2n) is 4.52. The van der Waals surface area contributed by atoms with Gasteiger partial charge < -0.3 is 4.90 Å². The van der Waals surface area contributed by atoms with E-state index in [9.17, 15) is 4.79 Å². The van der Waals surface area contributed by atoms with E-state index in [0.717, 1.165) is 23.7 Å². The molecule has 1 aromatic carbocycles. The highest BCUT2D eigenvalue weighted by atomic mass is 35.5. The van der Waals surface area contributed by atoms with E-state index in [0.29, 0.717) is 12.2 Å². The molecule has 0 radical (unpaired) electrons. The van der Waals surface area contributed by atoms with Crippen molar-refractivity contribution in [1.29, 1.82) is 0 Å². The van der Waals surface area contributed by atoms with Crippen LogP contribution in [0.2, 0.25) is 0 Å². The molecule has 0 N–H and O–H groups in total. The lowest BCUT2D eigenvalue weighted by Gasteiger charge is -2.15. The molecule has 1 saturated heterocycles. The number of amides is 1. The van der Waals surface area contributed by atoms with Crippen LogP contribution in [-0.4, -0.2) is 34.3 Å². The molecule has 1 fully saturated rings. The standard InChI is InChI=1S/C14H13ClN2O/c15-11-6-8-17(9-11)14(18)13-12-4-2-1-3-10(12)5-7-16-13/h1-5,7,11H,6,8-9H2. The zero-order valence-corrected chi connectivity index (χ0v) is 10.6. The van der Waals surface area contributed by atoms with Gasteiger partial charge in [0.15, 0.2) is 0 Å². The Morgan fingerprint density at radius 2 is 2.17 bits per heavy atom. The minimum atomic E-state index is -0.0186. The van der Waals surface area contributed by atoms with E-state index in [4.69, 9.17) is 11.6 Å². The lowest BCUT2D eigenvalue weighted by Crippen LogP contribution is -2.29. The summed E-state index contributed by atoms with van der Waals surface area (Å²) in [5.74, 6) is -0.0186. The Kier molecular flexibility index (Phi) is 2.92. The molecule has 92 valence electrons. The van der Waals surface area contributed by atoms with Gasteiger partial charge in [0.25, 0.3) is 5.91 Å². The Hall–Kier alpha value is -1.61. The normalized spacial score (nSPS) is 19.4. The van der Waals surface area contributed by atoms with Gasteiger partial charge in [-0.3, -0.25) is 9.78 Å². The number of halogens is 1. The Bertz CT molecular complexity index is 594. The van der Waals surface area contributed by atoms with E-state index in [-0.39, 0.29) is 11.3 Å². The predicted octanol–water partition coefficient (Wildman–Crippen LogP) is 2.69. The van der Waals surface area contributed by atoms with Crippen molar-refractivity contribution in [2.24, 2.45) is 0 Å². The molecule has 1 atom stereocenters. The SMILES string of the molecule is O=C(c1nccc2ccccc12)N1CCC(Cl)C1. The molecular formula is C14H13ClN2O. The second kappa shape index (κ2) is 4.58. The molecule has 3 nitrogen and oxygen atoms in total. The number of alkyl halides is 1. The van der Waals surface area contributed by atoms with Gasteiger partial charge in [-0.05, 0) is 17.9 Å². The summed E-state index contributed by atoms with van der Waals surface area (Å²) in [6.45, 7) is 1.34. The van der Waals surface area contributed by atoms with Crippen molar-refractivity contribution in [3.63, 3.8) is 0 Å². The number of fused-ring (bicyclic) bond motifs is 1. The van der Waals surface area contributed by atoms with Gasteiger partial charge in [-0.2, -0.15) is 0 Å². The maximum atomic E-state index is 12.4. The molecular weight excluding hydrogens is 248 g/mol. The quantitative estimate of drug-likeness (QED) is 0.739. The molecule has 0 spiro atoms. The summed E-state index contributed by atoms with van der Waals surface area (Å²) in [4.78, 5) is 18.4. The topological polar surface area (TPSA) is 33.2 Å². The van der Waals surface area contributed by atoms with Crippen LogP contribution in [0.3, 0.4) is 0 Å². The smallest absolute Gasteiger partial charge is 0.273 e. The van der Waals surface area contributed by atoms with Crippen molar-refractivity contribution in [2.75, 3.05) is 13.1 Å². The van der Waals surface area contributed by atoms with Crippen LogP contribution in [0.15, 0.2) is 36.5 Å². The maximum absolute atomic E-state index is 12.4. The van der Waals surface area contributed by atoms with E-state index in [1.165, 1.54) is 0 Å². The molecule has 1 aliphatic heterocycles. The summed E-state index contributed by atoms with van der Waals surface area (Å²) in [5, 5.41) is 2.02. The molecule has 18 heavy (non-hydrogen) atoms. The Labute approximate surface area is 110 Å². The monoisotopic (exact) mass is 260 g/mol. The number of pyridine rings is 1. The van der Waals surface area contributed by atoms with Crippen molar-refractivity contribution >= 4 is 28.3 Å². The number of carbonyl (C=O) groups excluding carboxylic acids is 1. The summed E-state index contributed by atoms with van der Waals surface area (Å²) in [7, 11) is 0. The van der Waals surface area contributed by atoms with Crippen molar-refractivity contribution < 1.29 is 4.79 Å². The highest BCUT2D eigenvalue weighted by Crippen LogP contribution is 2.21. The first kappa shape index (κ1) is 11.5. The van der Waals surface area contributed by atoms with Gasteiger partial charge in [0.05, 0.1) is 5.38 Å². The number of hydrogen-bond donors (Lipinski definition) is 0. The highest BCUT2D eigenvalue weighted by Gasteiger charge is 2.27. The fourth-order valence-electron chi connectivity index (χ4n) is 2.34. The van der Waals surface area contributed by atoms with Crippen LogP contribution >= 0.6 is 11.6 Å². The molecule has 0 saturated carbocycles. The summed E-state index contributed by atoms with van der Waals surface area (Å²) in [6, 6.07) is 9.72. The van der Waals surface area contributed by atoms with Gasteiger partial charge in [0.2, 0.25) is 0 Å². The first-order valence-corrected chi connectivity index (χ1v) is 6.46. The minimum Gasteiger partial charge on any atom is -0.336 e. The van der Waals surface area contributed by atoms with Gasteiger partial charge in [0.1, 0.15) is 5.69 Å². The van der Waals surface area contributed by atoms with Crippen molar-refractivity contribution in [1.82, 2.24) is 9.88 Å². The van der Waals surface area contributed by atoms with Crippen molar-refractivity contribution in [3.05, 3.63) is 42.2 Å². The van der Waals surface area contributed by atoms with E-state index in [1.54, 1.807) is 11.1 Å². The van der Waals surface area contributed by atoms with Crippen LogP contribution in [-0.2, 0) is 0 Å². The second-order valence-corrected chi connectivity index (χ2v) is 5.14. The molecule has 3 rings (SSSR count). The number of carbonyl (C=O) groups is 1. The van der Waals surface area contributed by atoms with E-state index in [2.05, 4.69) is 4.98 Å². The molecule has 0 aliphatic carbocycles. The highest BCUT2D eigenvalue weighted by molar-refractivity contribution is 6.21. The largest absolute Gasteiger partial charge is 0.336 e. The van der Waals surface area contributed by atoms with Gasteiger partial charge >= 0.3 is 0 Å². The van der Waals surface area contributed by atoms with Gasteiger partial charge in [0, 0.05) is 24.7 Å². The number of nitrogens with zero attached hydrogens (tertiary/aromatic N) is 2. The lowest BCUT2D eigenvalue weighted by atomic mass is 10.1. The Morgan fingerprint density at radius 3 is 2.94 bits per heavy atom. The van der Waals surface area contributed by atoms with Crippen LogP contribution < -0.4 is 0 Å². The molecule has 2 aromatic rings. The summed E-state index contributed by atoms with van der Waals surface area (Å²) in [5.41, 5.74) is 0.527. The van der Waals surface area contributed by atoms with Crippen LogP contribution in [0.5, 0.6) is 0 Å². The van der Waals surface area contributed by atoms with Gasteiger partial charge in [-0.15, -0.1) is 11.6 Å². The van der Waals surface area contributed by atoms with Gasteiger partial charge in [-0.1, -0.05) is 24.3 Å². The van der Waals surface area contributed by atoms with Crippen LogP contribution in [0.4, 0.5) is 0 Å². The summed E-state index contributed by atoms with van der Waals surface area (Å²) >= 11 is 6.04. The van der Waals surface area contributed by atoms with Crippen LogP contribution in [0, 0.1) is 0 Å². The zero-order chi connectivity index (χ0) is 12.5. The Morgan fingerprint density at radius 1 is 1.33 bits per heavy atom. The van der Waals surface area contributed by atoms with Crippen LogP contribution in [0.1, 0.15) is 16.9 Å². The maximum Gasteiger partial charge on any atom is 0.273 e. The molecule has 2 heterocycles. The van der Waals surface area contributed by atoms with Crippen molar-refractivity contribution in [2.45, 2.75) is 11.8 Å². The minimum absolute atomic E-state index is 0.0186. The molecule has 1 amide bonds. The average molecular weight is 261 g/mol. The fraction of sp³-hybridized carbons (Fsp3) is 0.286. The molecule has 1 aromatic heterocycles. The predicted molar refractivity (Wildman–Crippen MR) is 71.9 cm³/mol. The number of rotatable bonds is 1. The number of likely N-dealkylation sites (tertiary alicyclic amines) is 1. The third kappa shape index (κ3) is 1.95. The first-order chi connectivity index (χ1) is 8.75. The molecule has 1 aliphatic rings. The molecule has 0 bridgehead atoms. The number of hydrogen-bond acceptors (Lipinski definition) is 2. The van der Waals surface area contributed by atoms with E-state index >= 15 is 0 Å². The first-order valence-electron chi connectivity index (χ1n) is 6.03. The third-order valence-electron chi connectivity index (χ3n) is 3.29. The lowest BCUT2D eigenvalue weighted by molar-refractivity contribution is 0.0789. The molecule has 4 heteroatoms. The van der Waals surface area contributed by atoms with Crippen molar-refractivity contribution in [3.8, 4) is 0 Å². The average Bonchev–Trinajstić information content (AvgIpc) is 2.84. The van der Waals surface area contributed by atoms with E-state index in [1.807, 2.05) is 30.3 Å².